The fourth-order valence-electron chi connectivity index (χ4n) is 2.37. The molecule has 0 aromatic heterocycles. The van der Waals surface area contributed by atoms with E-state index in [0.717, 1.165) is 0 Å². The lowest BCUT2D eigenvalue weighted by atomic mass is 10.2. The van der Waals surface area contributed by atoms with Gasteiger partial charge >= 0.3 is 5.97 Å². The molecule has 1 heterocycles. The van der Waals surface area contributed by atoms with E-state index >= 15 is 0 Å². The largest absolute Gasteiger partial charge is 0.491 e. The van der Waals surface area contributed by atoms with Gasteiger partial charge < -0.3 is 14.6 Å². The quantitative estimate of drug-likeness (QED) is 0.835. The van der Waals surface area contributed by atoms with Crippen LogP contribution in [-0.4, -0.2) is 54.9 Å². The van der Waals surface area contributed by atoms with Gasteiger partial charge in [0.15, 0.2) is 0 Å². The molecule has 2 atom stereocenters. The van der Waals surface area contributed by atoms with Crippen LogP contribution in [0.2, 0.25) is 10.0 Å². The summed E-state index contributed by atoms with van der Waals surface area (Å²) < 4.78 is 10.3. The number of hydrogen-bond acceptors (Lipinski definition) is 5. The number of carbonyl (C=O) groups excluding carboxylic acids is 1. The van der Waals surface area contributed by atoms with Gasteiger partial charge in [-0.25, -0.2) is 0 Å². The molecule has 1 N–H and O–H groups in total. The Balaban J connectivity index is 1.88. The van der Waals surface area contributed by atoms with Gasteiger partial charge in [-0.1, -0.05) is 23.2 Å². The first-order valence-electron chi connectivity index (χ1n) is 6.59. The first-order valence-corrected chi connectivity index (χ1v) is 7.34. The number of methoxy groups -OCH3 is 1. The van der Waals surface area contributed by atoms with Gasteiger partial charge in [-0.2, -0.15) is 0 Å². The number of halogens is 2. The van der Waals surface area contributed by atoms with E-state index in [4.69, 9.17) is 32.7 Å². The molecule has 0 aliphatic carbocycles. The van der Waals surface area contributed by atoms with Crippen molar-refractivity contribution in [1.82, 2.24) is 4.90 Å². The highest BCUT2D eigenvalue weighted by atomic mass is 35.5. The molecule has 0 saturated carbocycles. The molecule has 0 amide bonds. The predicted octanol–water partition coefficient (Wildman–Crippen LogP) is 1.98. The molecule has 21 heavy (non-hydrogen) atoms. The van der Waals surface area contributed by atoms with Crippen LogP contribution in [0.25, 0.3) is 0 Å². The number of aliphatic hydroxyl groups excluding tert-OH is 1. The third-order valence-corrected chi connectivity index (χ3v) is 3.92. The van der Waals surface area contributed by atoms with Gasteiger partial charge in [-0.15, -0.1) is 0 Å². The molecule has 1 aromatic rings. The average molecular weight is 334 g/mol. The number of esters is 1. The molecule has 0 bridgehead atoms. The van der Waals surface area contributed by atoms with Gasteiger partial charge in [-0.3, -0.25) is 9.69 Å². The molecular formula is C14H17Cl2NO4. The molecule has 7 heteroatoms. The van der Waals surface area contributed by atoms with E-state index in [0.29, 0.717) is 41.9 Å². The molecule has 1 saturated heterocycles. The van der Waals surface area contributed by atoms with Gasteiger partial charge in [0.25, 0.3) is 0 Å². The Hall–Kier alpha value is -1.01. The van der Waals surface area contributed by atoms with Crippen molar-refractivity contribution in [1.29, 1.82) is 0 Å². The minimum Gasteiger partial charge on any atom is -0.491 e. The van der Waals surface area contributed by atoms with Crippen LogP contribution in [0.5, 0.6) is 5.75 Å². The van der Waals surface area contributed by atoms with Crippen LogP contribution in [-0.2, 0) is 9.53 Å². The Morgan fingerprint density at radius 1 is 1.48 bits per heavy atom. The second-order valence-corrected chi connectivity index (χ2v) is 5.69. The van der Waals surface area contributed by atoms with Crippen molar-refractivity contribution in [2.24, 2.45) is 0 Å². The molecule has 0 radical (unpaired) electrons. The Bertz CT molecular complexity index is 512. The summed E-state index contributed by atoms with van der Waals surface area (Å²) in [5.41, 5.74) is 0. The number of carbonyl (C=O) groups is 1. The van der Waals surface area contributed by atoms with Crippen molar-refractivity contribution in [3.05, 3.63) is 28.2 Å². The van der Waals surface area contributed by atoms with Crippen molar-refractivity contribution in [2.45, 2.75) is 18.6 Å². The summed E-state index contributed by atoms with van der Waals surface area (Å²) in [5, 5.41) is 10.7. The zero-order valence-corrected chi connectivity index (χ0v) is 13.1. The molecule has 1 aliphatic rings. The molecule has 2 rings (SSSR count). The van der Waals surface area contributed by atoms with Gasteiger partial charge in [-0.05, 0) is 18.2 Å². The maximum Gasteiger partial charge on any atom is 0.323 e. The van der Waals surface area contributed by atoms with E-state index in [2.05, 4.69) is 0 Å². The molecule has 1 fully saturated rings. The van der Waals surface area contributed by atoms with E-state index in [1.807, 2.05) is 4.90 Å². The third kappa shape index (κ3) is 4.23. The first-order chi connectivity index (χ1) is 10.0. The Labute approximate surface area is 133 Å². The van der Waals surface area contributed by atoms with E-state index < -0.39 is 12.1 Å². The highest BCUT2D eigenvalue weighted by Crippen LogP contribution is 2.27. The molecule has 1 aromatic carbocycles. The van der Waals surface area contributed by atoms with E-state index in [9.17, 15) is 9.90 Å². The highest BCUT2D eigenvalue weighted by Gasteiger charge is 2.36. The van der Waals surface area contributed by atoms with Crippen molar-refractivity contribution >= 4 is 29.2 Å². The number of β-amino-alcohol motifs (C(OH)–C–C–N with tert-alkyl or cyclic N) is 1. The normalized spacial score (nSPS) is 22.3. The fraction of sp³-hybridized carbons (Fsp3) is 0.500. The standard InChI is InChI=1S/C14H17Cl2NO4/c1-20-14(19)12-7-10(18)8-17(12)4-5-21-13-3-2-9(15)6-11(13)16/h2-3,6,10,12,18H,4-5,7-8H2,1H3. The minimum atomic E-state index is -0.520. The second-order valence-electron chi connectivity index (χ2n) is 4.85. The SMILES string of the molecule is COC(=O)C1CC(O)CN1CCOc1ccc(Cl)cc1Cl. The number of aliphatic hydroxyl groups is 1. The molecule has 5 nitrogen and oxygen atoms in total. The summed E-state index contributed by atoms with van der Waals surface area (Å²) in [6.45, 7) is 1.27. The van der Waals surface area contributed by atoms with Crippen LogP contribution >= 0.6 is 23.2 Å². The molecule has 116 valence electrons. The van der Waals surface area contributed by atoms with Crippen LogP contribution in [0.1, 0.15) is 6.42 Å². The summed E-state index contributed by atoms with van der Waals surface area (Å²) in [7, 11) is 1.34. The summed E-state index contributed by atoms with van der Waals surface area (Å²) >= 11 is 11.8. The van der Waals surface area contributed by atoms with Crippen LogP contribution in [0.4, 0.5) is 0 Å². The molecule has 2 unspecified atom stereocenters. The number of likely N-dealkylation sites (tertiary alicyclic amines) is 1. The maximum absolute atomic E-state index is 11.6. The predicted molar refractivity (Wildman–Crippen MR) is 80.0 cm³/mol. The lowest BCUT2D eigenvalue weighted by Gasteiger charge is -2.22. The zero-order valence-electron chi connectivity index (χ0n) is 11.6. The highest BCUT2D eigenvalue weighted by molar-refractivity contribution is 6.35. The first kappa shape index (κ1) is 16.4. The summed E-state index contributed by atoms with van der Waals surface area (Å²) in [6, 6.07) is 4.57. The topological polar surface area (TPSA) is 59.0 Å². The smallest absolute Gasteiger partial charge is 0.323 e. The number of benzene rings is 1. The van der Waals surface area contributed by atoms with Crippen molar-refractivity contribution in [3.8, 4) is 5.75 Å². The van der Waals surface area contributed by atoms with Crippen LogP contribution in [0.3, 0.4) is 0 Å². The van der Waals surface area contributed by atoms with E-state index in [1.165, 1.54) is 7.11 Å². The van der Waals surface area contributed by atoms with E-state index in [1.54, 1.807) is 18.2 Å². The monoisotopic (exact) mass is 333 g/mol. The van der Waals surface area contributed by atoms with Gasteiger partial charge in [0.05, 0.1) is 18.2 Å². The van der Waals surface area contributed by atoms with Crippen molar-refractivity contribution in [2.75, 3.05) is 26.8 Å². The third-order valence-electron chi connectivity index (χ3n) is 3.38. The fourth-order valence-corrected chi connectivity index (χ4v) is 2.84. The molecule has 1 aliphatic heterocycles. The number of ether oxygens (including phenoxy) is 2. The zero-order chi connectivity index (χ0) is 15.4. The van der Waals surface area contributed by atoms with Crippen LogP contribution in [0, 0.1) is 0 Å². The summed E-state index contributed by atoms with van der Waals surface area (Å²) in [6.07, 6.45) is -0.137. The van der Waals surface area contributed by atoms with Crippen LogP contribution < -0.4 is 4.74 Å². The van der Waals surface area contributed by atoms with Crippen molar-refractivity contribution < 1.29 is 19.4 Å². The van der Waals surface area contributed by atoms with Gasteiger partial charge in [0, 0.05) is 24.5 Å². The lowest BCUT2D eigenvalue weighted by molar-refractivity contribution is -0.146. The Morgan fingerprint density at radius 2 is 2.24 bits per heavy atom. The summed E-state index contributed by atoms with van der Waals surface area (Å²) in [4.78, 5) is 13.5. The second kappa shape index (κ2) is 7.31. The van der Waals surface area contributed by atoms with Crippen LogP contribution in [0.15, 0.2) is 18.2 Å². The van der Waals surface area contributed by atoms with Crippen molar-refractivity contribution in [3.63, 3.8) is 0 Å². The lowest BCUT2D eigenvalue weighted by Crippen LogP contribution is -2.39. The number of rotatable bonds is 5. The average Bonchev–Trinajstić information content (AvgIpc) is 2.81. The Kier molecular flexibility index (Phi) is 5.70. The van der Waals surface area contributed by atoms with Gasteiger partial charge in [0.2, 0.25) is 0 Å². The minimum absolute atomic E-state index is 0.337. The van der Waals surface area contributed by atoms with Gasteiger partial charge in [0.1, 0.15) is 18.4 Å². The summed E-state index contributed by atoms with van der Waals surface area (Å²) in [5.74, 6) is 0.200. The number of nitrogens with zero attached hydrogens (tertiary/aromatic N) is 1. The van der Waals surface area contributed by atoms with E-state index in [-0.39, 0.29) is 5.97 Å². The molecule has 0 spiro atoms. The maximum atomic E-state index is 11.6. The number of hydrogen-bond donors (Lipinski definition) is 1. The Morgan fingerprint density at radius 3 is 2.90 bits per heavy atom. The molecular weight excluding hydrogens is 317 g/mol.